The third kappa shape index (κ3) is 5.87. The summed E-state index contributed by atoms with van der Waals surface area (Å²) in [5.74, 6) is 1.89. The Labute approximate surface area is 170 Å². The molecule has 146 valence electrons. The third-order valence-electron chi connectivity index (χ3n) is 4.05. The van der Waals surface area contributed by atoms with Crippen molar-refractivity contribution < 1.29 is 14.2 Å². The van der Waals surface area contributed by atoms with Crippen molar-refractivity contribution in [2.45, 2.75) is 13.2 Å². The molecule has 0 amide bonds. The van der Waals surface area contributed by atoms with Crippen molar-refractivity contribution in [1.29, 1.82) is 0 Å². The van der Waals surface area contributed by atoms with E-state index in [9.17, 15) is 0 Å². The zero-order chi connectivity index (χ0) is 19.6. The first-order valence-corrected chi connectivity index (χ1v) is 9.41. The second-order valence-corrected chi connectivity index (χ2v) is 6.47. The van der Waals surface area contributed by atoms with Gasteiger partial charge in [-0.25, -0.2) is 4.98 Å². The van der Waals surface area contributed by atoms with Crippen molar-refractivity contribution in [2.75, 3.05) is 20.3 Å². The molecule has 0 bridgehead atoms. The molecule has 28 heavy (non-hydrogen) atoms. The van der Waals surface area contributed by atoms with Gasteiger partial charge in [0.25, 0.3) is 0 Å². The lowest BCUT2D eigenvalue weighted by molar-refractivity contribution is 0.284. The average molecular weight is 399 g/mol. The predicted molar refractivity (Wildman–Crippen MR) is 110 cm³/mol. The van der Waals surface area contributed by atoms with Gasteiger partial charge in [0.15, 0.2) is 11.5 Å². The number of ether oxygens (including phenoxy) is 3. The van der Waals surface area contributed by atoms with Gasteiger partial charge in [0, 0.05) is 36.4 Å². The van der Waals surface area contributed by atoms with Gasteiger partial charge in [-0.05, 0) is 23.3 Å². The topological polar surface area (TPSA) is 52.6 Å². The first kappa shape index (κ1) is 20.0. The molecule has 0 fully saturated rings. The monoisotopic (exact) mass is 398 g/mol. The van der Waals surface area contributed by atoms with E-state index in [0.29, 0.717) is 48.7 Å². The summed E-state index contributed by atoms with van der Waals surface area (Å²) in [4.78, 5) is 4.12. The van der Waals surface area contributed by atoms with Crippen LogP contribution in [0.3, 0.4) is 0 Å². The standard InChI is InChI=1S/C22H23ClN2O3/c1-26-20-13-18(15-24-11-12-27-22-9-5-6-10-25-22)19(23)14-21(20)28-16-17-7-3-2-4-8-17/h2-10,13-14,24H,11-12,15-16H2,1H3. The Balaban J connectivity index is 1.52. The van der Waals surface area contributed by atoms with Gasteiger partial charge in [-0.1, -0.05) is 48.0 Å². The van der Waals surface area contributed by atoms with Crippen LogP contribution in [0.15, 0.2) is 66.9 Å². The molecule has 5 nitrogen and oxygen atoms in total. The second-order valence-electron chi connectivity index (χ2n) is 6.06. The van der Waals surface area contributed by atoms with Gasteiger partial charge in [0.05, 0.1) is 7.11 Å². The fourth-order valence-corrected chi connectivity index (χ4v) is 2.82. The lowest BCUT2D eigenvalue weighted by Gasteiger charge is -2.14. The minimum Gasteiger partial charge on any atom is -0.493 e. The molecule has 1 heterocycles. The Morgan fingerprint density at radius 3 is 2.54 bits per heavy atom. The third-order valence-corrected chi connectivity index (χ3v) is 4.40. The largest absolute Gasteiger partial charge is 0.493 e. The summed E-state index contributed by atoms with van der Waals surface area (Å²) in [5.41, 5.74) is 2.02. The highest BCUT2D eigenvalue weighted by atomic mass is 35.5. The van der Waals surface area contributed by atoms with Crippen LogP contribution in [0.2, 0.25) is 5.02 Å². The minimum absolute atomic E-state index is 0.454. The molecular weight excluding hydrogens is 376 g/mol. The molecule has 1 N–H and O–H groups in total. The smallest absolute Gasteiger partial charge is 0.213 e. The molecule has 0 spiro atoms. The van der Waals surface area contributed by atoms with Crippen molar-refractivity contribution in [3.05, 3.63) is 83.0 Å². The number of halogens is 1. The summed E-state index contributed by atoms with van der Waals surface area (Å²) in [7, 11) is 1.62. The van der Waals surface area contributed by atoms with E-state index in [1.54, 1.807) is 19.4 Å². The summed E-state index contributed by atoms with van der Waals surface area (Å²) in [6.45, 7) is 2.24. The zero-order valence-corrected chi connectivity index (χ0v) is 16.5. The minimum atomic E-state index is 0.454. The van der Waals surface area contributed by atoms with Gasteiger partial charge in [0.2, 0.25) is 5.88 Å². The Morgan fingerprint density at radius 1 is 0.964 bits per heavy atom. The fraction of sp³-hybridized carbons (Fsp3) is 0.227. The highest BCUT2D eigenvalue weighted by Gasteiger charge is 2.11. The number of rotatable bonds is 10. The van der Waals surface area contributed by atoms with E-state index in [-0.39, 0.29) is 0 Å². The lowest BCUT2D eigenvalue weighted by Crippen LogP contribution is -2.21. The SMILES string of the molecule is COc1cc(CNCCOc2ccccn2)c(Cl)cc1OCc1ccccc1. The molecule has 0 aliphatic heterocycles. The van der Waals surface area contributed by atoms with Crippen molar-refractivity contribution in [3.8, 4) is 17.4 Å². The number of pyridine rings is 1. The van der Waals surface area contributed by atoms with Crippen LogP contribution in [-0.2, 0) is 13.2 Å². The molecule has 3 aromatic rings. The van der Waals surface area contributed by atoms with Crippen LogP contribution in [0.25, 0.3) is 0 Å². The molecule has 0 aliphatic carbocycles. The lowest BCUT2D eigenvalue weighted by atomic mass is 10.2. The molecule has 2 aromatic carbocycles. The van der Waals surface area contributed by atoms with Gasteiger partial charge in [-0.3, -0.25) is 0 Å². The van der Waals surface area contributed by atoms with Crippen LogP contribution in [-0.4, -0.2) is 25.2 Å². The van der Waals surface area contributed by atoms with E-state index in [2.05, 4.69) is 10.3 Å². The van der Waals surface area contributed by atoms with Gasteiger partial charge in [0.1, 0.15) is 13.2 Å². The van der Waals surface area contributed by atoms with Crippen molar-refractivity contribution >= 4 is 11.6 Å². The summed E-state index contributed by atoms with van der Waals surface area (Å²) < 4.78 is 16.9. The van der Waals surface area contributed by atoms with E-state index in [1.807, 2.05) is 54.6 Å². The number of methoxy groups -OCH3 is 1. The van der Waals surface area contributed by atoms with E-state index in [0.717, 1.165) is 11.1 Å². The van der Waals surface area contributed by atoms with Gasteiger partial charge in [-0.2, -0.15) is 0 Å². The van der Waals surface area contributed by atoms with E-state index in [4.69, 9.17) is 25.8 Å². The van der Waals surface area contributed by atoms with Crippen LogP contribution in [0.5, 0.6) is 17.4 Å². The molecule has 0 saturated carbocycles. The molecule has 0 aliphatic rings. The molecule has 0 radical (unpaired) electrons. The molecule has 3 rings (SSSR count). The summed E-state index contributed by atoms with van der Waals surface area (Å²) in [5, 5.41) is 3.93. The quantitative estimate of drug-likeness (QED) is 0.510. The Bertz CT molecular complexity index is 860. The van der Waals surface area contributed by atoms with Gasteiger partial charge >= 0.3 is 0 Å². The van der Waals surface area contributed by atoms with E-state index in [1.165, 1.54) is 0 Å². The van der Waals surface area contributed by atoms with Crippen LogP contribution in [0.4, 0.5) is 0 Å². The Hall–Kier alpha value is -2.76. The van der Waals surface area contributed by atoms with Crippen LogP contribution in [0.1, 0.15) is 11.1 Å². The summed E-state index contributed by atoms with van der Waals surface area (Å²) in [6.07, 6.45) is 1.70. The molecule has 1 aromatic heterocycles. The van der Waals surface area contributed by atoms with Crippen molar-refractivity contribution in [3.63, 3.8) is 0 Å². The maximum absolute atomic E-state index is 6.43. The number of nitrogens with one attached hydrogen (secondary N) is 1. The molecule has 0 saturated heterocycles. The highest BCUT2D eigenvalue weighted by molar-refractivity contribution is 6.31. The van der Waals surface area contributed by atoms with Crippen molar-refractivity contribution in [1.82, 2.24) is 10.3 Å². The maximum Gasteiger partial charge on any atom is 0.213 e. The van der Waals surface area contributed by atoms with Crippen LogP contribution >= 0.6 is 11.6 Å². The average Bonchev–Trinajstić information content (AvgIpc) is 2.74. The first-order chi connectivity index (χ1) is 13.8. The second kappa shape index (κ2) is 10.5. The van der Waals surface area contributed by atoms with Gasteiger partial charge in [-0.15, -0.1) is 0 Å². The number of hydrogen-bond donors (Lipinski definition) is 1. The number of benzene rings is 2. The van der Waals surface area contributed by atoms with Crippen LogP contribution in [0, 0.1) is 0 Å². The summed E-state index contributed by atoms with van der Waals surface area (Å²) >= 11 is 6.43. The first-order valence-electron chi connectivity index (χ1n) is 9.04. The highest BCUT2D eigenvalue weighted by Crippen LogP contribution is 2.33. The molecule has 6 heteroatoms. The predicted octanol–water partition coefficient (Wildman–Crippen LogP) is 4.49. The normalized spacial score (nSPS) is 10.5. The Morgan fingerprint density at radius 2 is 1.79 bits per heavy atom. The fourth-order valence-electron chi connectivity index (χ4n) is 2.60. The molecule has 0 unspecified atom stereocenters. The Kier molecular flexibility index (Phi) is 7.53. The van der Waals surface area contributed by atoms with Crippen molar-refractivity contribution in [2.24, 2.45) is 0 Å². The summed E-state index contributed by atoms with van der Waals surface area (Å²) in [6, 6.07) is 19.2. The van der Waals surface area contributed by atoms with E-state index < -0.39 is 0 Å². The maximum atomic E-state index is 6.43. The number of hydrogen-bond acceptors (Lipinski definition) is 5. The molecule has 0 atom stereocenters. The number of aromatic nitrogens is 1. The zero-order valence-electron chi connectivity index (χ0n) is 15.7. The number of nitrogens with zero attached hydrogens (tertiary/aromatic N) is 1. The molecular formula is C22H23ClN2O3. The van der Waals surface area contributed by atoms with Gasteiger partial charge < -0.3 is 19.5 Å². The van der Waals surface area contributed by atoms with E-state index >= 15 is 0 Å². The van der Waals surface area contributed by atoms with Crippen LogP contribution < -0.4 is 19.5 Å².